The van der Waals surface area contributed by atoms with Crippen molar-refractivity contribution < 1.29 is 14.3 Å². The Morgan fingerprint density at radius 2 is 2.00 bits per heavy atom. The van der Waals surface area contributed by atoms with Gasteiger partial charge in [-0.25, -0.2) is 4.99 Å². The van der Waals surface area contributed by atoms with Crippen LogP contribution in [0.4, 0.5) is 0 Å². The smallest absolute Gasteiger partial charge is 0.317 e. The van der Waals surface area contributed by atoms with Crippen LogP contribution in [0, 0.1) is 5.92 Å². The Balaban J connectivity index is 1.79. The molecule has 2 aromatic carbocycles. The van der Waals surface area contributed by atoms with Crippen molar-refractivity contribution in [3.05, 3.63) is 83.8 Å². The number of halogens is 1. The Kier molecular flexibility index (Phi) is 4.44. The van der Waals surface area contributed by atoms with Crippen LogP contribution in [0.5, 0.6) is 5.75 Å². The Bertz CT molecular complexity index is 1340. The zero-order valence-corrected chi connectivity index (χ0v) is 18.6. The lowest BCUT2D eigenvalue weighted by Crippen LogP contribution is -2.58. The molecule has 0 unspecified atom stereocenters. The topological polar surface area (TPSA) is 69.9 Å². The van der Waals surface area contributed by atoms with Crippen LogP contribution in [0.3, 0.4) is 0 Å². The Hall–Kier alpha value is -2.71. The van der Waals surface area contributed by atoms with Crippen molar-refractivity contribution in [2.75, 3.05) is 7.11 Å². The molecule has 6 nitrogen and oxygen atoms in total. The van der Waals surface area contributed by atoms with E-state index in [0.717, 1.165) is 15.6 Å². The number of rotatable bonds is 2. The summed E-state index contributed by atoms with van der Waals surface area (Å²) in [7, 11) is 1.34. The van der Waals surface area contributed by atoms with Gasteiger partial charge < -0.3 is 9.47 Å². The number of fused-ring (bicyclic) bond motifs is 6. The molecule has 30 heavy (non-hydrogen) atoms. The summed E-state index contributed by atoms with van der Waals surface area (Å²) in [6.45, 7) is 1.77. The van der Waals surface area contributed by atoms with E-state index in [9.17, 15) is 9.59 Å². The largest absolute Gasteiger partial charge is 0.469 e. The Morgan fingerprint density at radius 3 is 2.73 bits per heavy atom. The van der Waals surface area contributed by atoms with Crippen LogP contribution in [0.25, 0.3) is 6.08 Å². The number of carbonyl (C=O) groups excluding carboxylic acids is 1. The van der Waals surface area contributed by atoms with Gasteiger partial charge in [-0.2, -0.15) is 0 Å². The highest BCUT2D eigenvalue weighted by Gasteiger charge is 2.55. The molecule has 2 aliphatic rings. The third kappa shape index (κ3) is 2.86. The molecule has 0 spiro atoms. The molecule has 2 bridgehead atoms. The quantitative estimate of drug-likeness (QED) is 0.524. The summed E-state index contributed by atoms with van der Waals surface area (Å²) in [5, 5.41) is 0. The lowest BCUT2D eigenvalue weighted by molar-refractivity contribution is -0.158. The minimum absolute atomic E-state index is 0.181. The minimum Gasteiger partial charge on any atom is -0.469 e. The fourth-order valence-electron chi connectivity index (χ4n) is 4.14. The lowest BCUT2D eigenvalue weighted by Gasteiger charge is -2.44. The van der Waals surface area contributed by atoms with Crippen LogP contribution in [0.2, 0.25) is 0 Å². The van der Waals surface area contributed by atoms with Crippen LogP contribution < -0.4 is 19.6 Å². The van der Waals surface area contributed by atoms with Crippen molar-refractivity contribution >= 4 is 39.3 Å². The lowest BCUT2D eigenvalue weighted by atomic mass is 9.81. The Labute approximate surface area is 184 Å². The molecule has 0 saturated heterocycles. The van der Waals surface area contributed by atoms with Gasteiger partial charge in [-0.15, -0.1) is 0 Å². The highest BCUT2D eigenvalue weighted by atomic mass is 79.9. The number of benzene rings is 2. The summed E-state index contributed by atoms with van der Waals surface area (Å²) in [6.07, 6.45) is 1.84. The maximum Gasteiger partial charge on any atom is 0.317 e. The van der Waals surface area contributed by atoms with Gasteiger partial charge in [0.15, 0.2) is 4.80 Å². The number of ether oxygens (including phenoxy) is 2. The first-order valence-corrected chi connectivity index (χ1v) is 11.0. The van der Waals surface area contributed by atoms with Gasteiger partial charge in [-0.3, -0.25) is 14.2 Å². The van der Waals surface area contributed by atoms with Crippen molar-refractivity contribution in [3.63, 3.8) is 0 Å². The molecule has 152 valence electrons. The third-order valence-corrected chi connectivity index (χ3v) is 7.01. The normalized spacial score (nSPS) is 24.3. The molecule has 0 radical (unpaired) electrons. The zero-order valence-electron chi connectivity index (χ0n) is 16.2. The zero-order chi connectivity index (χ0) is 21.0. The molecule has 3 heterocycles. The number of hydrogen-bond donors (Lipinski definition) is 0. The number of methoxy groups -OCH3 is 1. The molecule has 8 heteroatoms. The van der Waals surface area contributed by atoms with E-state index in [0.29, 0.717) is 15.1 Å². The molecule has 2 aliphatic heterocycles. The van der Waals surface area contributed by atoms with Crippen molar-refractivity contribution in [2.24, 2.45) is 10.9 Å². The number of thiazole rings is 1. The molecule has 5 rings (SSSR count). The van der Waals surface area contributed by atoms with E-state index in [4.69, 9.17) is 14.5 Å². The third-order valence-electron chi connectivity index (χ3n) is 5.50. The van der Waals surface area contributed by atoms with Crippen molar-refractivity contribution in [3.8, 4) is 5.75 Å². The molecule has 0 fully saturated rings. The molecular weight excluding hydrogens is 468 g/mol. The van der Waals surface area contributed by atoms with E-state index in [1.807, 2.05) is 54.6 Å². The summed E-state index contributed by atoms with van der Waals surface area (Å²) in [5.74, 6) is -0.600. The van der Waals surface area contributed by atoms with E-state index in [-0.39, 0.29) is 5.56 Å². The SMILES string of the molecule is COC(=O)[C@H]1[C@H]2c3ccccc3O[C@@]1(C)N=c1s/c(=C\c3ccc(Br)cc3)c(=O)n12. The predicted octanol–water partition coefficient (Wildman–Crippen LogP) is 2.62. The number of hydrogen-bond acceptors (Lipinski definition) is 6. The number of carbonyl (C=O) groups is 1. The number of nitrogens with zero attached hydrogens (tertiary/aromatic N) is 2. The van der Waals surface area contributed by atoms with Gasteiger partial charge in [0, 0.05) is 10.0 Å². The first-order chi connectivity index (χ1) is 14.4. The highest BCUT2D eigenvalue weighted by Crippen LogP contribution is 2.47. The number of esters is 1. The van der Waals surface area contributed by atoms with E-state index in [1.54, 1.807) is 11.5 Å². The van der Waals surface area contributed by atoms with Crippen LogP contribution in [0.1, 0.15) is 24.1 Å². The summed E-state index contributed by atoms with van der Waals surface area (Å²) >= 11 is 4.72. The van der Waals surface area contributed by atoms with E-state index in [1.165, 1.54) is 18.4 Å². The fraction of sp³-hybridized carbons (Fsp3) is 0.227. The average molecular weight is 485 g/mol. The van der Waals surface area contributed by atoms with Gasteiger partial charge in [0.25, 0.3) is 5.56 Å². The van der Waals surface area contributed by atoms with Crippen LogP contribution in [-0.4, -0.2) is 23.4 Å². The number of para-hydroxylation sites is 1. The molecule has 0 saturated carbocycles. The first-order valence-electron chi connectivity index (χ1n) is 9.35. The highest BCUT2D eigenvalue weighted by molar-refractivity contribution is 9.10. The van der Waals surface area contributed by atoms with Crippen LogP contribution in [-0.2, 0) is 9.53 Å². The van der Waals surface area contributed by atoms with Gasteiger partial charge >= 0.3 is 5.97 Å². The molecule has 1 aromatic heterocycles. The van der Waals surface area contributed by atoms with Gasteiger partial charge in [-0.1, -0.05) is 57.6 Å². The fourth-order valence-corrected chi connectivity index (χ4v) is 5.51. The summed E-state index contributed by atoms with van der Waals surface area (Å²) in [6, 6.07) is 14.6. The van der Waals surface area contributed by atoms with E-state index < -0.39 is 23.7 Å². The van der Waals surface area contributed by atoms with Crippen LogP contribution in [0.15, 0.2) is 62.8 Å². The van der Waals surface area contributed by atoms with Crippen molar-refractivity contribution in [1.29, 1.82) is 0 Å². The number of aromatic nitrogens is 1. The molecule has 0 N–H and O–H groups in total. The second-order valence-corrected chi connectivity index (χ2v) is 9.30. The summed E-state index contributed by atoms with van der Waals surface area (Å²) in [4.78, 5) is 31.4. The Morgan fingerprint density at radius 1 is 1.27 bits per heavy atom. The van der Waals surface area contributed by atoms with Crippen molar-refractivity contribution in [2.45, 2.75) is 18.7 Å². The van der Waals surface area contributed by atoms with Crippen LogP contribution >= 0.6 is 27.3 Å². The van der Waals surface area contributed by atoms with Crippen molar-refractivity contribution in [1.82, 2.24) is 4.57 Å². The summed E-state index contributed by atoms with van der Waals surface area (Å²) < 4.78 is 14.4. The standard InChI is InChI=1S/C22H17BrN2O4S/c1-22-17(20(27)28-2)18(14-5-3-4-6-15(14)29-22)25-19(26)16(30-21(25)24-22)11-12-7-9-13(23)10-8-12/h3-11,17-18H,1-2H3/b16-11-/t17-,18-,22-/m1/s1. The van der Waals surface area contributed by atoms with Gasteiger partial charge in [-0.05, 0) is 36.8 Å². The molecule has 3 atom stereocenters. The van der Waals surface area contributed by atoms with Gasteiger partial charge in [0.1, 0.15) is 11.7 Å². The monoisotopic (exact) mass is 484 g/mol. The predicted molar refractivity (Wildman–Crippen MR) is 116 cm³/mol. The molecule has 0 aliphatic carbocycles. The first kappa shape index (κ1) is 19.3. The molecule has 0 amide bonds. The summed E-state index contributed by atoms with van der Waals surface area (Å²) in [5.41, 5.74) is 0.346. The second kappa shape index (κ2) is 6.92. The van der Waals surface area contributed by atoms with Gasteiger partial charge in [0.2, 0.25) is 5.72 Å². The maximum absolute atomic E-state index is 13.4. The maximum atomic E-state index is 13.4. The second-order valence-electron chi connectivity index (χ2n) is 7.37. The van der Waals surface area contributed by atoms with Gasteiger partial charge in [0.05, 0.1) is 17.7 Å². The average Bonchev–Trinajstić information content (AvgIpc) is 3.02. The minimum atomic E-state index is -1.15. The molecule has 3 aromatic rings. The van der Waals surface area contributed by atoms with E-state index in [2.05, 4.69) is 15.9 Å². The van der Waals surface area contributed by atoms with E-state index >= 15 is 0 Å². The molecular formula is C22H17BrN2O4S.